The molecule has 22 heavy (non-hydrogen) atoms. The van der Waals surface area contributed by atoms with Gasteiger partial charge in [0.2, 0.25) is 0 Å². The Kier molecular flexibility index (Phi) is 3.82. The molecule has 0 bridgehead atoms. The van der Waals surface area contributed by atoms with Crippen molar-refractivity contribution in [3.8, 4) is 0 Å². The van der Waals surface area contributed by atoms with Crippen LogP contribution >= 0.6 is 0 Å². The molecule has 0 radical (unpaired) electrons. The van der Waals surface area contributed by atoms with Gasteiger partial charge in [0.1, 0.15) is 23.3 Å². The van der Waals surface area contributed by atoms with Gasteiger partial charge >= 0.3 is 0 Å². The molecule has 0 saturated carbocycles. The smallest absolute Gasteiger partial charge is 0.254 e. The minimum atomic E-state index is -0.192. The predicted molar refractivity (Wildman–Crippen MR) is 79.6 cm³/mol. The molecule has 6 heteroatoms. The van der Waals surface area contributed by atoms with E-state index in [1.165, 1.54) is 0 Å². The molecule has 0 aromatic carbocycles. The van der Waals surface area contributed by atoms with Gasteiger partial charge in [0, 0.05) is 18.9 Å². The first kappa shape index (κ1) is 14.2. The summed E-state index contributed by atoms with van der Waals surface area (Å²) in [5.74, 6) is 1.91. The molecule has 3 heterocycles. The molecule has 6 nitrogen and oxygen atoms in total. The van der Waals surface area contributed by atoms with E-state index >= 15 is 0 Å². The van der Waals surface area contributed by atoms with Crippen molar-refractivity contribution >= 4 is 5.91 Å². The molecular formula is C16H17N3O3. The van der Waals surface area contributed by atoms with Gasteiger partial charge in [-0.3, -0.25) is 9.48 Å². The van der Waals surface area contributed by atoms with E-state index < -0.39 is 0 Å². The maximum Gasteiger partial charge on any atom is 0.254 e. The SMILES string of the molecule is Cc1cc(C(=O)NC[C@H](c2ccco2)n2cccn2)c(C)o1. The van der Waals surface area contributed by atoms with Crippen LogP contribution in [-0.4, -0.2) is 22.2 Å². The van der Waals surface area contributed by atoms with Gasteiger partial charge in [-0.1, -0.05) is 0 Å². The van der Waals surface area contributed by atoms with Crippen LogP contribution in [0, 0.1) is 13.8 Å². The van der Waals surface area contributed by atoms with Crippen molar-refractivity contribution in [1.82, 2.24) is 15.1 Å². The number of amides is 1. The van der Waals surface area contributed by atoms with Crippen LogP contribution < -0.4 is 5.32 Å². The highest BCUT2D eigenvalue weighted by Gasteiger charge is 2.20. The van der Waals surface area contributed by atoms with E-state index in [1.807, 2.05) is 31.3 Å². The third kappa shape index (κ3) is 2.81. The first-order chi connectivity index (χ1) is 10.6. The van der Waals surface area contributed by atoms with E-state index in [4.69, 9.17) is 8.83 Å². The van der Waals surface area contributed by atoms with Gasteiger partial charge in [0.25, 0.3) is 5.91 Å². The van der Waals surface area contributed by atoms with E-state index in [0.29, 0.717) is 17.9 Å². The van der Waals surface area contributed by atoms with Crippen molar-refractivity contribution in [1.29, 1.82) is 0 Å². The van der Waals surface area contributed by atoms with Crippen LogP contribution in [0.25, 0.3) is 0 Å². The zero-order chi connectivity index (χ0) is 15.5. The highest BCUT2D eigenvalue weighted by molar-refractivity contribution is 5.95. The van der Waals surface area contributed by atoms with Crippen molar-refractivity contribution in [3.05, 3.63) is 65.8 Å². The van der Waals surface area contributed by atoms with Crippen molar-refractivity contribution in [2.45, 2.75) is 19.9 Å². The summed E-state index contributed by atoms with van der Waals surface area (Å²) in [6, 6.07) is 7.06. The summed E-state index contributed by atoms with van der Waals surface area (Å²) in [6.45, 7) is 3.97. The molecule has 3 aromatic rings. The Morgan fingerprint density at radius 3 is 2.86 bits per heavy atom. The second kappa shape index (κ2) is 5.93. The lowest BCUT2D eigenvalue weighted by Gasteiger charge is -2.16. The summed E-state index contributed by atoms with van der Waals surface area (Å²) in [5, 5.41) is 7.14. The summed E-state index contributed by atoms with van der Waals surface area (Å²) in [4.78, 5) is 12.3. The second-order valence-electron chi connectivity index (χ2n) is 5.05. The van der Waals surface area contributed by atoms with Gasteiger partial charge in [0.05, 0.1) is 11.8 Å². The van der Waals surface area contributed by atoms with Gasteiger partial charge in [-0.2, -0.15) is 5.10 Å². The topological polar surface area (TPSA) is 73.2 Å². The molecule has 0 aliphatic carbocycles. The highest BCUT2D eigenvalue weighted by atomic mass is 16.3. The van der Waals surface area contributed by atoms with Crippen LogP contribution in [0.3, 0.4) is 0 Å². The monoisotopic (exact) mass is 299 g/mol. The minimum absolute atomic E-state index is 0.168. The van der Waals surface area contributed by atoms with E-state index in [1.54, 1.807) is 30.1 Å². The van der Waals surface area contributed by atoms with Crippen LogP contribution in [0.1, 0.15) is 33.7 Å². The Bertz CT molecular complexity index is 708. The first-order valence-electron chi connectivity index (χ1n) is 7.03. The van der Waals surface area contributed by atoms with Gasteiger partial charge in [0.15, 0.2) is 0 Å². The number of hydrogen-bond donors (Lipinski definition) is 1. The minimum Gasteiger partial charge on any atom is -0.467 e. The Morgan fingerprint density at radius 2 is 2.27 bits per heavy atom. The molecule has 1 N–H and O–H groups in total. The third-order valence-corrected chi connectivity index (χ3v) is 3.46. The first-order valence-corrected chi connectivity index (χ1v) is 7.03. The molecule has 0 aliphatic rings. The van der Waals surface area contributed by atoms with Gasteiger partial charge < -0.3 is 14.2 Å². The molecule has 3 rings (SSSR count). The quantitative estimate of drug-likeness (QED) is 0.786. The highest BCUT2D eigenvalue weighted by Crippen LogP contribution is 2.18. The third-order valence-electron chi connectivity index (χ3n) is 3.46. The maximum absolute atomic E-state index is 12.3. The van der Waals surface area contributed by atoms with E-state index in [-0.39, 0.29) is 11.9 Å². The predicted octanol–water partition coefficient (Wildman–Crippen LogP) is 2.71. The number of aryl methyl sites for hydroxylation is 2. The lowest BCUT2D eigenvalue weighted by Crippen LogP contribution is -2.31. The Morgan fingerprint density at radius 1 is 1.41 bits per heavy atom. The second-order valence-corrected chi connectivity index (χ2v) is 5.05. The average molecular weight is 299 g/mol. The molecule has 1 amide bonds. The number of carbonyl (C=O) groups excluding carboxylic acids is 1. The molecule has 0 saturated heterocycles. The maximum atomic E-state index is 12.3. The van der Waals surface area contributed by atoms with Crippen LogP contribution in [0.2, 0.25) is 0 Å². The lowest BCUT2D eigenvalue weighted by molar-refractivity contribution is 0.0946. The molecule has 0 unspecified atom stereocenters. The average Bonchev–Trinajstić information content (AvgIpc) is 3.21. The number of rotatable bonds is 5. The Balaban J connectivity index is 1.75. The van der Waals surface area contributed by atoms with Crippen molar-refractivity contribution in [3.63, 3.8) is 0 Å². The van der Waals surface area contributed by atoms with E-state index in [9.17, 15) is 4.79 Å². The van der Waals surface area contributed by atoms with Crippen LogP contribution in [0.15, 0.2) is 51.8 Å². The summed E-state index contributed by atoms with van der Waals surface area (Å²) >= 11 is 0. The van der Waals surface area contributed by atoms with Crippen LogP contribution in [0.4, 0.5) is 0 Å². The number of aromatic nitrogens is 2. The molecule has 0 spiro atoms. The zero-order valence-electron chi connectivity index (χ0n) is 12.4. The zero-order valence-corrected chi connectivity index (χ0v) is 12.4. The van der Waals surface area contributed by atoms with Crippen molar-refractivity contribution in [2.75, 3.05) is 6.54 Å². The summed E-state index contributed by atoms with van der Waals surface area (Å²) < 4.78 is 12.6. The molecule has 3 aromatic heterocycles. The fourth-order valence-corrected chi connectivity index (χ4v) is 2.41. The van der Waals surface area contributed by atoms with E-state index in [2.05, 4.69) is 10.4 Å². The van der Waals surface area contributed by atoms with Crippen LogP contribution in [-0.2, 0) is 0 Å². The van der Waals surface area contributed by atoms with Gasteiger partial charge in [-0.25, -0.2) is 0 Å². The molecule has 0 fully saturated rings. The largest absolute Gasteiger partial charge is 0.467 e. The molecule has 114 valence electrons. The number of hydrogen-bond acceptors (Lipinski definition) is 4. The molecule has 0 aliphatic heterocycles. The van der Waals surface area contributed by atoms with Gasteiger partial charge in [-0.15, -0.1) is 0 Å². The summed E-state index contributed by atoms with van der Waals surface area (Å²) in [5.41, 5.74) is 0.552. The lowest BCUT2D eigenvalue weighted by atomic mass is 10.2. The number of furan rings is 2. The summed E-state index contributed by atoms with van der Waals surface area (Å²) in [6.07, 6.45) is 5.14. The normalized spacial score (nSPS) is 12.3. The molecule has 1 atom stereocenters. The van der Waals surface area contributed by atoms with Crippen LogP contribution in [0.5, 0.6) is 0 Å². The number of nitrogens with zero attached hydrogens (tertiary/aromatic N) is 2. The molecular weight excluding hydrogens is 282 g/mol. The number of nitrogens with one attached hydrogen (secondary N) is 1. The Hall–Kier alpha value is -2.76. The fraction of sp³-hybridized carbons (Fsp3) is 0.250. The summed E-state index contributed by atoms with van der Waals surface area (Å²) in [7, 11) is 0. The van der Waals surface area contributed by atoms with Gasteiger partial charge in [-0.05, 0) is 38.1 Å². The fourth-order valence-electron chi connectivity index (χ4n) is 2.41. The Labute approximate surface area is 127 Å². The van der Waals surface area contributed by atoms with Crippen molar-refractivity contribution < 1.29 is 13.6 Å². The number of carbonyl (C=O) groups is 1. The van der Waals surface area contributed by atoms with Crippen molar-refractivity contribution in [2.24, 2.45) is 0 Å². The van der Waals surface area contributed by atoms with E-state index in [0.717, 1.165) is 11.5 Å². The standard InChI is InChI=1S/C16H17N3O3/c1-11-9-13(12(2)22-11)16(20)17-10-14(15-5-3-8-21-15)19-7-4-6-18-19/h3-9,14H,10H2,1-2H3,(H,17,20)/t14-/m1/s1.